The Morgan fingerprint density at radius 1 is 1.28 bits per heavy atom. The number of ether oxygens (including phenoxy) is 2. The molecule has 0 spiro atoms. The highest BCUT2D eigenvalue weighted by Crippen LogP contribution is 2.24. The fourth-order valence-corrected chi connectivity index (χ4v) is 1.57. The predicted molar refractivity (Wildman–Crippen MR) is 71.1 cm³/mol. The van der Waals surface area contributed by atoms with Gasteiger partial charge in [-0.15, -0.1) is 0 Å². The van der Waals surface area contributed by atoms with Crippen LogP contribution in [0.1, 0.15) is 19.4 Å². The zero-order valence-corrected chi connectivity index (χ0v) is 11.4. The molecule has 4 heteroatoms. The molecule has 18 heavy (non-hydrogen) atoms. The van der Waals surface area contributed by atoms with Gasteiger partial charge in [-0.1, -0.05) is 13.8 Å². The van der Waals surface area contributed by atoms with Gasteiger partial charge in [-0.2, -0.15) is 0 Å². The van der Waals surface area contributed by atoms with Gasteiger partial charge < -0.3 is 14.8 Å². The summed E-state index contributed by atoms with van der Waals surface area (Å²) >= 11 is 0. The lowest BCUT2D eigenvalue weighted by atomic mass is 10.1. The van der Waals surface area contributed by atoms with E-state index in [1.807, 2.05) is 18.2 Å². The first-order valence-electron chi connectivity index (χ1n) is 6.04. The maximum Gasteiger partial charge on any atom is 0.224 e. The lowest BCUT2D eigenvalue weighted by Gasteiger charge is -2.11. The van der Waals surface area contributed by atoms with E-state index in [-0.39, 0.29) is 5.91 Å². The van der Waals surface area contributed by atoms with Crippen LogP contribution >= 0.6 is 0 Å². The van der Waals surface area contributed by atoms with Crippen LogP contribution in [-0.4, -0.2) is 26.7 Å². The van der Waals surface area contributed by atoms with Crippen molar-refractivity contribution >= 4 is 5.91 Å². The molecule has 0 fully saturated rings. The van der Waals surface area contributed by atoms with Crippen molar-refractivity contribution in [2.75, 3.05) is 20.8 Å². The second-order valence-corrected chi connectivity index (χ2v) is 4.55. The third kappa shape index (κ3) is 4.28. The summed E-state index contributed by atoms with van der Waals surface area (Å²) in [5.74, 6) is 1.87. The minimum Gasteiger partial charge on any atom is -0.497 e. The molecular weight excluding hydrogens is 230 g/mol. The summed E-state index contributed by atoms with van der Waals surface area (Å²) in [5, 5.41) is 2.88. The number of carbonyl (C=O) groups is 1. The monoisotopic (exact) mass is 251 g/mol. The molecule has 100 valence electrons. The van der Waals surface area contributed by atoms with E-state index >= 15 is 0 Å². The van der Waals surface area contributed by atoms with E-state index < -0.39 is 0 Å². The van der Waals surface area contributed by atoms with Gasteiger partial charge >= 0.3 is 0 Å². The van der Waals surface area contributed by atoms with Crippen LogP contribution in [0.3, 0.4) is 0 Å². The van der Waals surface area contributed by atoms with Gasteiger partial charge in [0.1, 0.15) is 11.5 Å². The van der Waals surface area contributed by atoms with Crippen LogP contribution in [0, 0.1) is 5.92 Å². The van der Waals surface area contributed by atoms with Crippen molar-refractivity contribution in [1.82, 2.24) is 5.32 Å². The molecule has 1 amide bonds. The molecule has 0 unspecified atom stereocenters. The van der Waals surface area contributed by atoms with Gasteiger partial charge in [0, 0.05) is 12.1 Å². The van der Waals surface area contributed by atoms with E-state index in [1.165, 1.54) is 0 Å². The molecule has 4 nitrogen and oxygen atoms in total. The molecule has 0 aliphatic carbocycles. The quantitative estimate of drug-likeness (QED) is 0.841. The zero-order valence-electron chi connectivity index (χ0n) is 11.4. The summed E-state index contributed by atoms with van der Waals surface area (Å²) in [6.45, 7) is 4.81. The summed E-state index contributed by atoms with van der Waals surface area (Å²) in [4.78, 5) is 11.8. The molecule has 0 radical (unpaired) electrons. The van der Waals surface area contributed by atoms with Crippen molar-refractivity contribution in [3.8, 4) is 11.5 Å². The largest absolute Gasteiger partial charge is 0.497 e. The van der Waals surface area contributed by atoms with Gasteiger partial charge in [0.05, 0.1) is 20.6 Å². The second kappa shape index (κ2) is 6.89. The van der Waals surface area contributed by atoms with E-state index in [1.54, 1.807) is 14.2 Å². The second-order valence-electron chi connectivity index (χ2n) is 4.55. The molecular formula is C14H21NO3. The number of methoxy groups -OCH3 is 2. The minimum absolute atomic E-state index is 0.00440. The summed E-state index contributed by atoms with van der Waals surface area (Å²) < 4.78 is 10.4. The van der Waals surface area contributed by atoms with Crippen molar-refractivity contribution in [3.63, 3.8) is 0 Å². The highest BCUT2D eigenvalue weighted by Gasteiger charge is 2.10. The number of carbonyl (C=O) groups excluding carboxylic acids is 1. The van der Waals surface area contributed by atoms with E-state index in [0.29, 0.717) is 24.6 Å². The Morgan fingerprint density at radius 3 is 2.56 bits per heavy atom. The number of nitrogens with one attached hydrogen (secondary N) is 1. The van der Waals surface area contributed by atoms with Crippen LogP contribution in [-0.2, 0) is 11.2 Å². The molecule has 1 N–H and O–H groups in total. The summed E-state index contributed by atoms with van der Waals surface area (Å²) in [5.41, 5.74) is 0.832. The number of hydrogen-bond donors (Lipinski definition) is 1. The van der Waals surface area contributed by atoms with Gasteiger partial charge in [-0.05, 0) is 24.1 Å². The predicted octanol–water partition coefficient (Wildman–Crippen LogP) is 2.02. The molecule has 0 atom stereocenters. The SMILES string of the molecule is COc1ccc(OC)c(CC(=O)NCC(C)C)c1. The van der Waals surface area contributed by atoms with Crippen LogP contribution in [0.15, 0.2) is 18.2 Å². The molecule has 0 heterocycles. The third-order valence-electron chi connectivity index (χ3n) is 2.55. The normalized spacial score (nSPS) is 10.3. The molecule has 0 aliphatic rings. The third-order valence-corrected chi connectivity index (χ3v) is 2.55. The van der Waals surface area contributed by atoms with Gasteiger partial charge in [0.25, 0.3) is 0 Å². The Bertz CT molecular complexity index is 402. The first kappa shape index (κ1) is 14.4. The Morgan fingerprint density at radius 2 is 2.00 bits per heavy atom. The molecule has 0 bridgehead atoms. The average Bonchev–Trinajstić information content (AvgIpc) is 2.36. The lowest BCUT2D eigenvalue weighted by molar-refractivity contribution is -0.120. The lowest BCUT2D eigenvalue weighted by Crippen LogP contribution is -2.28. The standard InChI is InChI=1S/C14H21NO3/c1-10(2)9-15-14(16)8-11-7-12(17-3)5-6-13(11)18-4/h5-7,10H,8-9H2,1-4H3,(H,15,16). The fourth-order valence-electron chi connectivity index (χ4n) is 1.57. The molecule has 1 aromatic carbocycles. The number of rotatable bonds is 6. The van der Waals surface area contributed by atoms with Crippen molar-refractivity contribution < 1.29 is 14.3 Å². The van der Waals surface area contributed by atoms with Gasteiger partial charge in [-0.3, -0.25) is 4.79 Å². The van der Waals surface area contributed by atoms with Crippen LogP contribution < -0.4 is 14.8 Å². The summed E-state index contributed by atoms with van der Waals surface area (Å²) in [6.07, 6.45) is 0.299. The molecule has 1 aromatic rings. The highest BCUT2D eigenvalue weighted by molar-refractivity contribution is 5.79. The van der Waals surface area contributed by atoms with Crippen LogP contribution in [0.25, 0.3) is 0 Å². The van der Waals surface area contributed by atoms with E-state index in [0.717, 1.165) is 11.3 Å². The Kier molecular flexibility index (Phi) is 5.49. The van der Waals surface area contributed by atoms with Crippen molar-refractivity contribution in [1.29, 1.82) is 0 Å². The molecule has 0 aromatic heterocycles. The highest BCUT2D eigenvalue weighted by atomic mass is 16.5. The first-order chi connectivity index (χ1) is 8.56. The van der Waals surface area contributed by atoms with E-state index in [9.17, 15) is 4.79 Å². The molecule has 0 saturated carbocycles. The first-order valence-corrected chi connectivity index (χ1v) is 6.04. The Hall–Kier alpha value is -1.71. The Labute approximate surface area is 108 Å². The number of benzene rings is 1. The molecule has 0 aliphatic heterocycles. The zero-order chi connectivity index (χ0) is 13.5. The fraction of sp³-hybridized carbons (Fsp3) is 0.500. The maximum atomic E-state index is 11.8. The van der Waals surface area contributed by atoms with Gasteiger partial charge in [0.2, 0.25) is 5.91 Å². The van der Waals surface area contributed by atoms with Crippen LogP contribution in [0.5, 0.6) is 11.5 Å². The summed E-state index contributed by atoms with van der Waals surface area (Å²) in [6, 6.07) is 5.45. The summed E-state index contributed by atoms with van der Waals surface area (Å²) in [7, 11) is 3.20. The number of hydrogen-bond acceptors (Lipinski definition) is 3. The van der Waals surface area contributed by atoms with Gasteiger partial charge in [-0.25, -0.2) is 0 Å². The van der Waals surface area contributed by atoms with Crippen molar-refractivity contribution in [2.24, 2.45) is 5.92 Å². The molecule has 0 saturated heterocycles. The smallest absolute Gasteiger partial charge is 0.224 e. The van der Waals surface area contributed by atoms with Crippen LogP contribution in [0.2, 0.25) is 0 Å². The van der Waals surface area contributed by atoms with Crippen molar-refractivity contribution in [2.45, 2.75) is 20.3 Å². The van der Waals surface area contributed by atoms with E-state index in [2.05, 4.69) is 19.2 Å². The van der Waals surface area contributed by atoms with Crippen molar-refractivity contribution in [3.05, 3.63) is 23.8 Å². The van der Waals surface area contributed by atoms with Gasteiger partial charge in [0.15, 0.2) is 0 Å². The Balaban J connectivity index is 2.72. The topological polar surface area (TPSA) is 47.6 Å². The van der Waals surface area contributed by atoms with E-state index in [4.69, 9.17) is 9.47 Å². The number of amides is 1. The minimum atomic E-state index is -0.00440. The molecule has 1 rings (SSSR count). The van der Waals surface area contributed by atoms with Crippen LogP contribution in [0.4, 0.5) is 0 Å². The average molecular weight is 251 g/mol. The maximum absolute atomic E-state index is 11.8.